The summed E-state index contributed by atoms with van der Waals surface area (Å²) in [4.78, 5) is 30.3. The van der Waals surface area contributed by atoms with Crippen molar-refractivity contribution in [2.45, 2.75) is 40.0 Å². The molecule has 0 aliphatic carbocycles. The number of rotatable bonds is 4. The van der Waals surface area contributed by atoms with Gasteiger partial charge in [0, 0.05) is 30.3 Å². The number of carboxylic acids is 1. The Morgan fingerprint density at radius 1 is 1.14 bits per heavy atom. The summed E-state index contributed by atoms with van der Waals surface area (Å²) in [6.45, 7) is 7.51. The van der Waals surface area contributed by atoms with Crippen molar-refractivity contribution in [3.8, 4) is 11.3 Å². The summed E-state index contributed by atoms with van der Waals surface area (Å²) >= 11 is 0. The first-order valence-electron chi connectivity index (χ1n) is 9.82. The van der Waals surface area contributed by atoms with Crippen LogP contribution in [0.25, 0.3) is 11.3 Å². The fraction of sp³-hybridized carbons (Fsp3) is 0.435. The molecule has 0 saturated carbocycles. The van der Waals surface area contributed by atoms with Crippen LogP contribution in [0.3, 0.4) is 0 Å². The van der Waals surface area contributed by atoms with Crippen molar-refractivity contribution in [1.29, 1.82) is 0 Å². The lowest BCUT2D eigenvalue weighted by molar-refractivity contribution is -0.140. The number of piperidine rings is 1. The van der Waals surface area contributed by atoms with E-state index in [1.54, 1.807) is 24.4 Å². The van der Waals surface area contributed by atoms with Crippen LogP contribution in [0.1, 0.15) is 49.5 Å². The molecular formula is C23H28N2O3. The van der Waals surface area contributed by atoms with Crippen LogP contribution in [0, 0.1) is 11.3 Å². The predicted octanol–water partition coefficient (Wildman–Crippen LogP) is 4.27. The summed E-state index contributed by atoms with van der Waals surface area (Å²) in [6, 6.07) is 11.0. The van der Waals surface area contributed by atoms with Gasteiger partial charge in [0.25, 0.3) is 0 Å². The van der Waals surface area contributed by atoms with Crippen LogP contribution < -0.4 is 0 Å². The zero-order chi connectivity index (χ0) is 20.3. The van der Waals surface area contributed by atoms with Gasteiger partial charge >= 0.3 is 5.97 Å². The number of benzene rings is 1. The summed E-state index contributed by atoms with van der Waals surface area (Å²) in [5.41, 5.74) is 2.43. The van der Waals surface area contributed by atoms with E-state index in [2.05, 4.69) is 4.98 Å². The van der Waals surface area contributed by atoms with E-state index in [4.69, 9.17) is 0 Å². The largest absolute Gasteiger partial charge is 0.478 e. The average Bonchev–Trinajstić information content (AvgIpc) is 2.67. The van der Waals surface area contributed by atoms with Crippen molar-refractivity contribution in [2.75, 3.05) is 13.1 Å². The molecule has 5 heteroatoms. The van der Waals surface area contributed by atoms with E-state index in [0.717, 1.165) is 37.9 Å². The van der Waals surface area contributed by atoms with Crippen LogP contribution in [0.5, 0.6) is 0 Å². The molecular weight excluding hydrogens is 352 g/mol. The van der Waals surface area contributed by atoms with Gasteiger partial charge in [-0.2, -0.15) is 0 Å². The lowest BCUT2D eigenvalue weighted by Gasteiger charge is -2.35. The van der Waals surface area contributed by atoms with Crippen molar-refractivity contribution >= 4 is 11.9 Å². The third-order valence-corrected chi connectivity index (χ3v) is 5.33. The quantitative estimate of drug-likeness (QED) is 0.860. The second kappa shape index (κ2) is 8.13. The van der Waals surface area contributed by atoms with E-state index >= 15 is 0 Å². The highest BCUT2D eigenvalue weighted by atomic mass is 16.4. The van der Waals surface area contributed by atoms with Crippen molar-refractivity contribution in [1.82, 2.24) is 9.88 Å². The van der Waals surface area contributed by atoms with E-state index in [0.29, 0.717) is 17.2 Å². The Morgan fingerprint density at radius 3 is 2.46 bits per heavy atom. The van der Waals surface area contributed by atoms with Gasteiger partial charge in [0.15, 0.2) is 0 Å². The Bertz CT molecular complexity index is 862. The smallest absolute Gasteiger partial charge is 0.336 e. The summed E-state index contributed by atoms with van der Waals surface area (Å²) in [6.07, 6.45) is 4.65. The SMILES string of the molecule is CC(C)(C)C(=O)N1CCC(Cc2ccnc(-c3ccccc3C(=O)O)c2)CC1. The number of aromatic nitrogens is 1. The molecule has 0 radical (unpaired) electrons. The number of aromatic carboxylic acids is 1. The number of amides is 1. The topological polar surface area (TPSA) is 70.5 Å². The number of carbonyl (C=O) groups excluding carboxylic acids is 1. The molecule has 1 aromatic heterocycles. The molecule has 5 nitrogen and oxygen atoms in total. The van der Waals surface area contributed by atoms with Gasteiger partial charge in [-0.05, 0) is 48.9 Å². The fourth-order valence-electron chi connectivity index (χ4n) is 3.79. The molecule has 2 aromatic rings. The van der Waals surface area contributed by atoms with Gasteiger partial charge < -0.3 is 10.0 Å². The molecule has 0 spiro atoms. The first kappa shape index (κ1) is 20.1. The van der Waals surface area contributed by atoms with Crippen LogP contribution in [0.2, 0.25) is 0 Å². The monoisotopic (exact) mass is 380 g/mol. The molecule has 1 saturated heterocycles. The zero-order valence-electron chi connectivity index (χ0n) is 16.8. The molecule has 1 aliphatic heterocycles. The molecule has 1 N–H and O–H groups in total. The van der Waals surface area contributed by atoms with E-state index in [1.807, 2.05) is 43.9 Å². The van der Waals surface area contributed by atoms with Gasteiger partial charge in [-0.25, -0.2) is 4.79 Å². The van der Waals surface area contributed by atoms with Gasteiger partial charge in [-0.3, -0.25) is 9.78 Å². The normalized spacial score (nSPS) is 15.5. The number of hydrogen-bond donors (Lipinski definition) is 1. The summed E-state index contributed by atoms with van der Waals surface area (Å²) < 4.78 is 0. The highest BCUT2D eigenvalue weighted by molar-refractivity contribution is 5.95. The van der Waals surface area contributed by atoms with E-state index < -0.39 is 5.97 Å². The Balaban J connectivity index is 1.68. The minimum absolute atomic E-state index is 0.224. The molecule has 1 aliphatic rings. The first-order chi connectivity index (χ1) is 13.3. The van der Waals surface area contributed by atoms with Crippen molar-refractivity contribution in [3.63, 3.8) is 0 Å². The molecule has 1 aromatic carbocycles. The molecule has 2 heterocycles. The van der Waals surface area contributed by atoms with Crippen LogP contribution >= 0.6 is 0 Å². The van der Waals surface area contributed by atoms with E-state index in [1.165, 1.54) is 0 Å². The molecule has 0 atom stereocenters. The molecule has 1 fully saturated rings. The minimum atomic E-state index is -0.946. The van der Waals surface area contributed by atoms with Gasteiger partial charge in [0.1, 0.15) is 0 Å². The van der Waals surface area contributed by atoms with Crippen LogP contribution in [0.15, 0.2) is 42.6 Å². The molecule has 1 amide bonds. The molecule has 28 heavy (non-hydrogen) atoms. The minimum Gasteiger partial charge on any atom is -0.478 e. The number of pyridine rings is 1. The standard InChI is InChI=1S/C23H28N2O3/c1-23(2,3)22(28)25-12-9-16(10-13-25)14-17-8-11-24-20(15-17)18-6-4-5-7-19(18)21(26)27/h4-8,11,15-16H,9-10,12-14H2,1-3H3,(H,26,27). The van der Waals surface area contributed by atoms with Crippen LogP contribution in [-0.4, -0.2) is 40.0 Å². The third kappa shape index (κ3) is 4.58. The fourth-order valence-corrected chi connectivity index (χ4v) is 3.79. The second-order valence-corrected chi connectivity index (χ2v) is 8.59. The van der Waals surface area contributed by atoms with Crippen molar-refractivity contribution in [2.24, 2.45) is 11.3 Å². The maximum Gasteiger partial charge on any atom is 0.336 e. The van der Waals surface area contributed by atoms with Gasteiger partial charge in [-0.15, -0.1) is 0 Å². The van der Waals surface area contributed by atoms with Crippen molar-refractivity contribution in [3.05, 3.63) is 53.7 Å². The van der Waals surface area contributed by atoms with Gasteiger partial charge in [0.2, 0.25) is 5.91 Å². The van der Waals surface area contributed by atoms with Crippen LogP contribution in [-0.2, 0) is 11.2 Å². The number of hydrogen-bond acceptors (Lipinski definition) is 3. The predicted molar refractivity (Wildman–Crippen MR) is 109 cm³/mol. The Morgan fingerprint density at radius 2 is 1.82 bits per heavy atom. The Hall–Kier alpha value is -2.69. The first-order valence-corrected chi connectivity index (χ1v) is 9.82. The second-order valence-electron chi connectivity index (χ2n) is 8.59. The number of nitrogens with zero attached hydrogens (tertiary/aromatic N) is 2. The number of carbonyl (C=O) groups is 2. The summed E-state index contributed by atoms with van der Waals surface area (Å²) in [5.74, 6) is -0.199. The summed E-state index contributed by atoms with van der Waals surface area (Å²) in [5, 5.41) is 9.42. The zero-order valence-corrected chi connectivity index (χ0v) is 16.8. The van der Waals surface area contributed by atoms with Crippen molar-refractivity contribution < 1.29 is 14.7 Å². The lowest BCUT2D eigenvalue weighted by Crippen LogP contribution is -2.44. The molecule has 3 rings (SSSR count). The maximum atomic E-state index is 12.4. The molecule has 0 unspecified atom stereocenters. The van der Waals surface area contributed by atoms with Gasteiger partial charge in [-0.1, -0.05) is 39.0 Å². The molecule has 148 valence electrons. The third-order valence-electron chi connectivity index (χ3n) is 5.33. The summed E-state index contributed by atoms with van der Waals surface area (Å²) in [7, 11) is 0. The van der Waals surface area contributed by atoms with Gasteiger partial charge in [0.05, 0.1) is 11.3 Å². The number of likely N-dealkylation sites (tertiary alicyclic amines) is 1. The lowest BCUT2D eigenvalue weighted by atomic mass is 9.88. The maximum absolute atomic E-state index is 12.4. The number of carboxylic acid groups (broad SMARTS) is 1. The Labute approximate surface area is 166 Å². The average molecular weight is 380 g/mol. The molecule has 0 bridgehead atoms. The van der Waals surface area contributed by atoms with E-state index in [9.17, 15) is 14.7 Å². The van der Waals surface area contributed by atoms with E-state index in [-0.39, 0.29) is 16.9 Å². The van der Waals surface area contributed by atoms with Crippen LogP contribution in [0.4, 0.5) is 0 Å². The highest BCUT2D eigenvalue weighted by Gasteiger charge is 2.30. The highest BCUT2D eigenvalue weighted by Crippen LogP contribution is 2.27. The Kier molecular flexibility index (Phi) is 5.82.